The fourth-order valence-electron chi connectivity index (χ4n) is 1.45. The molecule has 2 aromatic rings. The van der Waals surface area contributed by atoms with E-state index in [2.05, 4.69) is 17.2 Å². The maximum Gasteiger partial charge on any atom is 0.341 e. The molecular weight excluding hydrogens is 216 g/mol. The highest BCUT2D eigenvalue weighted by Gasteiger charge is 2.05. The molecule has 0 fully saturated rings. The molecule has 0 amide bonds. The second-order valence-corrected chi connectivity index (χ2v) is 3.66. The average molecular weight is 230 g/mol. The minimum Gasteiger partial charge on any atom is -0.403 e. The Hall–Kier alpha value is -2.10. The van der Waals surface area contributed by atoms with Gasteiger partial charge >= 0.3 is 5.63 Å². The number of aromatic nitrogens is 1. The summed E-state index contributed by atoms with van der Waals surface area (Å²) in [5.41, 5.74) is 0.405. The van der Waals surface area contributed by atoms with Crippen molar-refractivity contribution >= 4 is 5.82 Å². The Morgan fingerprint density at radius 1 is 1.29 bits per heavy atom. The van der Waals surface area contributed by atoms with Gasteiger partial charge in [-0.05, 0) is 18.6 Å². The molecule has 88 valence electrons. The molecule has 0 unspecified atom stereocenters. The van der Waals surface area contributed by atoms with Gasteiger partial charge in [0.25, 0.3) is 0 Å². The van der Waals surface area contributed by atoms with Crippen molar-refractivity contribution < 1.29 is 4.42 Å². The molecule has 17 heavy (non-hydrogen) atoms. The zero-order chi connectivity index (χ0) is 12.1. The van der Waals surface area contributed by atoms with Crippen LogP contribution in [0.15, 0.2) is 45.6 Å². The Morgan fingerprint density at radius 3 is 2.76 bits per heavy atom. The normalized spacial score (nSPS) is 10.2. The minimum absolute atomic E-state index is 0.344. The van der Waals surface area contributed by atoms with Crippen molar-refractivity contribution in [3.8, 4) is 11.5 Å². The Morgan fingerprint density at radius 2 is 2.06 bits per heavy atom. The first-order valence-corrected chi connectivity index (χ1v) is 5.61. The van der Waals surface area contributed by atoms with E-state index in [1.165, 1.54) is 6.07 Å². The van der Waals surface area contributed by atoms with Crippen LogP contribution in [0.5, 0.6) is 0 Å². The van der Waals surface area contributed by atoms with Crippen LogP contribution in [0, 0.1) is 0 Å². The Kier molecular flexibility index (Phi) is 3.55. The predicted octanol–water partition coefficient (Wildman–Crippen LogP) is 2.52. The van der Waals surface area contributed by atoms with Crippen LogP contribution in [0.25, 0.3) is 11.5 Å². The summed E-state index contributed by atoms with van der Waals surface area (Å²) in [7, 11) is 0. The highest BCUT2D eigenvalue weighted by Crippen LogP contribution is 2.16. The van der Waals surface area contributed by atoms with Crippen molar-refractivity contribution in [1.82, 2.24) is 4.98 Å². The lowest BCUT2D eigenvalue weighted by atomic mass is 10.2. The fourth-order valence-corrected chi connectivity index (χ4v) is 1.45. The van der Waals surface area contributed by atoms with Gasteiger partial charge in [-0.15, -0.1) is 0 Å². The van der Waals surface area contributed by atoms with Gasteiger partial charge in [0.05, 0.1) is 6.07 Å². The van der Waals surface area contributed by atoms with Gasteiger partial charge in [-0.1, -0.05) is 25.1 Å². The van der Waals surface area contributed by atoms with E-state index < -0.39 is 5.63 Å². The van der Waals surface area contributed by atoms with E-state index in [1.54, 1.807) is 0 Å². The van der Waals surface area contributed by atoms with E-state index in [9.17, 15) is 4.79 Å². The molecule has 0 saturated carbocycles. The van der Waals surface area contributed by atoms with Crippen LogP contribution in [0.1, 0.15) is 13.3 Å². The van der Waals surface area contributed by atoms with Crippen molar-refractivity contribution in [2.24, 2.45) is 0 Å². The van der Waals surface area contributed by atoms with E-state index in [0.29, 0.717) is 11.7 Å². The summed E-state index contributed by atoms with van der Waals surface area (Å²) in [5.74, 6) is 0.902. The number of hydrogen-bond donors (Lipinski definition) is 1. The molecule has 1 heterocycles. The SMILES string of the molecule is CCCNc1cc(=O)oc(-c2ccccc2)n1. The number of rotatable bonds is 4. The monoisotopic (exact) mass is 230 g/mol. The molecule has 0 aliphatic heterocycles. The molecule has 1 aromatic heterocycles. The first-order chi connectivity index (χ1) is 8.29. The van der Waals surface area contributed by atoms with Crippen LogP contribution in [0.4, 0.5) is 5.82 Å². The van der Waals surface area contributed by atoms with Crippen LogP contribution in [-0.2, 0) is 0 Å². The summed E-state index contributed by atoms with van der Waals surface area (Å²) >= 11 is 0. The third-order valence-corrected chi connectivity index (χ3v) is 2.25. The van der Waals surface area contributed by atoms with E-state index in [1.807, 2.05) is 30.3 Å². The van der Waals surface area contributed by atoms with Gasteiger partial charge in [0.15, 0.2) is 0 Å². The van der Waals surface area contributed by atoms with Crippen molar-refractivity contribution in [2.45, 2.75) is 13.3 Å². The second kappa shape index (κ2) is 5.30. The third-order valence-electron chi connectivity index (χ3n) is 2.25. The minimum atomic E-state index is -0.391. The number of anilines is 1. The lowest BCUT2D eigenvalue weighted by Crippen LogP contribution is -2.08. The average Bonchev–Trinajstić information content (AvgIpc) is 2.37. The Bertz CT molecular complexity index is 535. The largest absolute Gasteiger partial charge is 0.403 e. The van der Waals surface area contributed by atoms with Crippen LogP contribution < -0.4 is 10.9 Å². The topological polar surface area (TPSA) is 55.1 Å². The molecule has 0 bridgehead atoms. The number of nitrogens with one attached hydrogen (secondary N) is 1. The number of nitrogens with zero attached hydrogens (tertiary/aromatic N) is 1. The number of hydrogen-bond acceptors (Lipinski definition) is 4. The van der Waals surface area contributed by atoms with Crippen molar-refractivity contribution in [2.75, 3.05) is 11.9 Å². The molecule has 0 saturated heterocycles. The molecule has 0 atom stereocenters. The molecule has 0 radical (unpaired) electrons. The summed E-state index contributed by atoms with van der Waals surface area (Å²) in [6, 6.07) is 10.7. The van der Waals surface area contributed by atoms with Crippen LogP contribution in [0.3, 0.4) is 0 Å². The molecule has 0 aliphatic rings. The highest BCUT2D eigenvalue weighted by molar-refractivity contribution is 5.54. The molecule has 1 aromatic carbocycles. The maximum absolute atomic E-state index is 11.4. The standard InChI is InChI=1S/C13H14N2O2/c1-2-8-14-11-9-12(16)17-13(15-11)10-6-4-3-5-7-10/h3-7,9,14H,2,8H2,1H3. The first kappa shape index (κ1) is 11.4. The van der Waals surface area contributed by atoms with Crippen molar-refractivity contribution in [3.05, 3.63) is 46.8 Å². The molecule has 0 spiro atoms. The molecule has 4 heteroatoms. The van der Waals surface area contributed by atoms with E-state index >= 15 is 0 Å². The highest BCUT2D eigenvalue weighted by atomic mass is 16.4. The third kappa shape index (κ3) is 2.93. The summed E-state index contributed by atoms with van der Waals surface area (Å²) < 4.78 is 5.08. The van der Waals surface area contributed by atoms with Gasteiger partial charge in [-0.25, -0.2) is 4.79 Å². The van der Waals surface area contributed by atoms with Gasteiger partial charge in [0, 0.05) is 12.1 Å². The molecule has 4 nitrogen and oxygen atoms in total. The number of benzene rings is 1. The van der Waals surface area contributed by atoms with Gasteiger partial charge in [0.1, 0.15) is 5.82 Å². The van der Waals surface area contributed by atoms with Crippen LogP contribution in [0.2, 0.25) is 0 Å². The van der Waals surface area contributed by atoms with Gasteiger partial charge in [-0.3, -0.25) is 0 Å². The lowest BCUT2D eigenvalue weighted by molar-refractivity contribution is 0.508. The van der Waals surface area contributed by atoms with E-state index in [-0.39, 0.29) is 0 Å². The van der Waals surface area contributed by atoms with Crippen LogP contribution >= 0.6 is 0 Å². The quantitative estimate of drug-likeness (QED) is 0.876. The molecular formula is C13H14N2O2. The molecule has 2 rings (SSSR count). The smallest absolute Gasteiger partial charge is 0.341 e. The Labute approximate surface area is 99.3 Å². The zero-order valence-corrected chi connectivity index (χ0v) is 9.64. The first-order valence-electron chi connectivity index (χ1n) is 5.61. The van der Waals surface area contributed by atoms with Gasteiger partial charge < -0.3 is 9.73 Å². The summed E-state index contributed by atoms with van der Waals surface area (Å²) in [5, 5.41) is 3.07. The van der Waals surface area contributed by atoms with Gasteiger partial charge in [0.2, 0.25) is 5.89 Å². The summed E-state index contributed by atoms with van der Waals surface area (Å²) in [4.78, 5) is 15.7. The predicted molar refractivity (Wildman–Crippen MR) is 67.0 cm³/mol. The summed E-state index contributed by atoms with van der Waals surface area (Å²) in [6.07, 6.45) is 0.975. The van der Waals surface area contributed by atoms with E-state index in [0.717, 1.165) is 18.5 Å². The summed E-state index contributed by atoms with van der Waals surface area (Å²) in [6.45, 7) is 2.83. The fraction of sp³-hybridized carbons (Fsp3) is 0.231. The van der Waals surface area contributed by atoms with E-state index in [4.69, 9.17) is 4.42 Å². The Balaban J connectivity index is 2.35. The maximum atomic E-state index is 11.4. The second-order valence-electron chi connectivity index (χ2n) is 3.66. The lowest BCUT2D eigenvalue weighted by Gasteiger charge is -2.04. The van der Waals surface area contributed by atoms with Gasteiger partial charge in [-0.2, -0.15) is 4.98 Å². The zero-order valence-electron chi connectivity index (χ0n) is 9.64. The molecule has 1 N–H and O–H groups in total. The molecule has 0 aliphatic carbocycles. The van der Waals surface area contributed by atoms with Crippen LogP contribution in [-0.4, -0.2) is 11.5 Å². The van der Waals surface area contributed by atoms with Crippen molar-refractivity contribution in [3.63, 3.8) is 0 Å². The van der Waals surface area contributed by atoms with Crippen molar-refractivity contribution in [1.29, 1.82) is 0 Å².